The molecule has 1 aliphatic heterocycles. The maximum Gasteiger partial charge on any atom is 0.408 e. The number of ether oxygens (including phenoxy) is 1. The van der Waals surface area contributed by atoms with Crippen molar-refractivity contribution in [2.24, 2.45) is 0 Å². The van der Waals surface area contributed by atoms with E-state index in [1.54, 1.807) is 36.6 Å². The molecule has 1 saturated heterocycles. The summed E-state index contributed by atoms with van der Waals surface area (Å²) in [6.07, 6.45) is 6.85. The lowest BCUT2D eigenvalue weighted by molar-refractivity contribution is -0.136. The second-order valence-corrected chi connectivity index (χ2v) is 7.92. The average molecular weight is 365 g/mol. The van der Waals surface area contributed by atoms with Crippen LogP contribution in [0.1, 0.15) is 52.9 Å². The summed E-state index contributed by atoms with van der Waals surface area (Å²) in [4.78, 5) is 39.7. The Morgan fingerprint density at radius 3 is 2.15 bits per heavy atom. The molecule has 0 unspecified atom stereocenters. The Bertz CT molecular complexity index is 550. The summed E-state index contributed by atoms with van der Waals surface area (Å²) in [6, 6.07) is 0. The van der Waals surface area contributed by atoms with Gasteiger partial charge < -0.3 is 19.9 Å². The first-order valence-electron chi connectivity index (χ1n) is 9.47. The third kappa shape index (κ3) is 6.69. The van der Waals surface area contributed by atoms with E-state index in [-0.39, 0.29) is 18.4 Å². The summed E-state index contributed by atoms with van der Waals surface area (Å²) in [5, 5.41) is 2.48. The summed E-state index contributed by atoms with van der Waals surface area (Å²) in [7, 11) is 0. The molecule has 1 heterocycles. The molecule has 7 heteroatoms. The van der Waals surface area contributed by atoms with E-state index in [1.165, 1.54) is 24.8 Å². The summed E-state index contributed by atoms with van der Waals surface area (Å²) in [5.74, 6) is -0.102. The van der Waals surface area contributed by atoms with Crippen molar-refractivity contribution in [3.63, 3.8) is 0 Å². The zero-order valence-corrected chi connectivity index (χ0v) is 16.2. The Kier molecular flexibility index (Phi) is 7.06. The van der Waals surface area contributed by atoms with Gasteiger partial charge in [-0.05, 0) is 46.5 Å². The van der Waals surface area contributed by atoms with Gasteiger partial charge >= 0.3 is 6.09 Å². The standard InChI is InChI=1S/C19H31N3O4/c1-19(2,3)26-18(25)20-14-17(24)22-11-9-21(10-12-22)16(23)13-15-7-5-4-6-8-15/h13H,4-12,14H2,1-3H3,(H,20,25). The second kappa shape index (κ2) is 9.05. The first kappa shape index (κ1) is 20.3. The number of piperazine rings is 1. The number of allylic oxidation sites excluding steroid dienone is 1. The minimum atomic E-state index is -0.598. The normalized spacial score (nSPS) is 18.3. The first-order valence-corrected chi connectivity index (χ1v) is 9.47. The van der Waals surface area contributed by atoms with Crippen LogP contribution >= 0.6 is 0 Å². The summed E-state index contributed by atoms with van der Waals surface area (Å²) in [6.45, 7) is 7.26. The van der Waals surface area contributed by atoms with Gasteiger partial charge in [-0.3, -0.25) is 9.59 Å². The topological polar surface area (TPSA) is 79.0 Å². The van der Waals surface area contributed by atoms with Gasteiger partial charge in [0.1, 0.15) is 12.1 Å². The fourth-order valence-corrected chi connectivity index (χ4v) is 3.17. The first-order chi connectivity index (χ1) is 12.2. The molecule has 1 aliphatic carbocycles. The van der Waals surface area contributed by atoms with Gasteiger partial charge in [-0.15, -0.1) is 0 Å². The van der Waals surface area contributed by atoms with E-state index in [2.05, 4.69) is 5.32 Å². The van der Waals surface area contributed by atoms with Gasteiger partial charge in [0, 0.05) is 32.3 Å². The van der Waals surface area contributed by atoms with E-state index in [0.717, 1.165) is 12.8 Å². The minimum Gasteiger partial charge on any atom is -0.444 e. The van der Waals surface area contributed by atoms with Crippen LogP contribution in [0.2, 0.25) is 0 Å². The highest BCUT2D eigenvalue weighted by Crippen LogP contribution is 2.22. The molecular formula is C19H31N3O4. The van der Waals surface area contributed by atoms with Gasteiger partial charge in [-0.1, -0.05) is 12.0 Å². The van der Waals surface area contributed by atoms with Crippen molar-refractivity contribution < 1.29 is 19.1 Å². The Morgan fingerprint density at radius 1 is 1.00 bits per heavy atom. The molecule has 7 nitrogen and oxygen atoms in total. The molecule has 2 fully saturated rings. The predicted molar refractivity (Wildman–Crippen MR) is 98.6 cm³/mol. The fraction of sp³-hybridized carbons (Fsp3) is 0.737. The molecular weight excluding hydrogens is 334 g/mol. The molecule has 3 amide bonds. The summed E-state index contributed by atoms with van der Waals surface area (Å²) < 4.78 is 5.12. The number of hydrogen-bond donors (Lipinski definition) is 1. The molecule has 0 atom stereocenters. The highest BCUT2D eigenvalue weighted by molar-refractivity contribution is 5.89. The third-order valence-electron chi connectivity index (χ3n) is 4.55. The van der Waals surface area contributed by atoms with Crippen LogP contribution in [0.25, 0.3) is 0 Å². The highest BCUT2D eigenvalue weighted by atomic mass is 16.6. The lowest BCUT2D eigenvalue weighted by Gasteiger charge is -2.34. The molecule has 26 heavy (non-hydrogen) atoms. The smallest absolute Gasteiger partial charge is 0.408 e. The molecule has 2 rings (SSSR count). The molecule has 0 aromatic rings. The van der Waals surface area contributed by atoms with Gasteiger partial charge in [-0.2, -0.15) is 0 Å². The van der Waals surface area contributed by atoms with Gasteiger partial charge in [0.2, 0.25) is 11.8 Å². The van der Waals surface area contributed by atoms with Gasteiger partial charge in [0.25, 0.3) is 0 Å². The molecule has 1 saturated carbocycles. The molecule has 146 valence electrons. The molecule has 0 radical (unpaired) electrons. The van der Waals surface area contributed by atoms with E-state index in [4.69, 9.17) is 4.74 Å². The third-order valence-corrected chi connectivity index (χ3v) is 4.55. The number of rotatable bonds is 3. The molecule has 0 bridgehead atoms. The average Bonchev–Trinajstić information content (AvgIpc) is 2.59. The van der Waals surface area contributed by atoms with E-state index >= 15 is 0 Å². The zero-order chi connectivity index (χ0) is 19.2. The lowest BCUT2D eigenvalue weighted by atomic mass is 9.94. The molecule has 0 spiro atoms. The van der Waals surface area contributed by atoms with Crippen LogP contribution in [-0.4, -0.2) is 66.0 Å². The maximum atomic E-state index is 12.4. The van der Waals surface area contributed by atoms with E-state index < -0.39 is 11.7 Å². The van der Waals surface area contributed by atoms with Gasteiger partial charge in [-0.25, -0.2) is 4.79 Å². The van der Waals surface area contributed by atoms with Crippen LogP contribution in [0.4, 0.5) is 4.79 Å². The second-order valence-electron chi connectivity index (χ2n) is 7.92. The van der Waals surface area contributed by atoms with Crippen LogP contribution in [0.5, 0.6) is 0 Å². The zero-order valence-electron chi connectivity index (χ0n) is 16.2. The van der Waals surface area contributed by atoms with Crippen molar-refractivity contribution in [3.8, 4) is 0 Å². The molecule has 0 aromatic heterocycles. The largest absolute Gasteiger partial charge is 0.444 e. The van der Waals surface area contributed by atoms with Crippen molar-refractivity contribution in [3.05, 3.63) is 11.6 Å². The molecule has 2 aliphatic rings. The SMILES string of the molecule is CC(C)(C)OC(=O)NCC(=O)N1CCN(C(=O)C=C2CCCCC2)CC1. The van der Waals surface area contributed by atoms with Crippen LogP contribution < -0.4 is 5.32 Å². The highest BCUT2D eigenvalue weighted by Gasteiger charge is 2.24. The molecule has 1 N–H and O–H groups in total. The van der Waals surface area contributed by atoms with Crippen LogP contribution in [0.15, 0.2) is 11.6 Å². The number of carbonyl (C=O) groups is 3. The lowest BCUT2D eigenvalue weighted by Crippen LogP contribution is -2.52. The van der Waals surface area contributed by atoms with Crippen LogP contribution in [0, 0.1) is 0 Å². The monoisotopic (exact) mass is 365 g/mol. The van der Waals surface area contributed by atoms with Crippen LogP contribution in [0.3, 0.4) is 0 Å². The number of nitrogens with one attached hydrogen (secondary N) is 1. The van der Waals surface area contributed by atoms with Gasteiger partial charge in [0.15, 0.2) is 0 Å². The van der Waals surface area contributed by atoms with Gasteiger partial charge in [0.05, 0.1) is 0 Å². The van der Waals surface area contributed by atoms with E-state index in [0.29, 0.717) is 26.2 Å². The van der Waals surface area contributed by atoms with Crippen molar-refractivity contribution in [2.45, 2.75) is 58.5 Å². The summed E-state index contributed by atoms with van der Waals surface area (Å²) >= 11 is 0. The number of carbonyl (C=O) groups excluding carboxylic acids is 3. The Labute approximate surface area is 155 Å². The number of hydrogen-bond acceptors (Lipinski definition) is 4. The number of amides is 3. The van der Waals surface area contributed by atoms with Crippen molar-refractivity contribution >= 4 is 17.9 Å². The van der Waals surface area contributed by atoms with Crippen molar-refractivity contribution in [2.75, 3.05) is 32.7 Å². The maximum absolute atomic E-state index is 12.4. The van der Waals surface area contributed by atoms with Crippen LogP contribution in [-0.2, 0) is 14.3 Å². The fourth-order valence-electron chi connectivity index (χ4n) is 3.17. The van der Waals surface area contributed by atoms with Crippen molar-refractivity contribution in [1.82, 2.24) is 15.1 Å². The van der Waals surface area contributed by atoms with E-state index in [1.807, 2.05) is 0 Å². The number of alkyl carbamates (subject to hydrolysis) is 1. The van der Waals surface area contributed by atoms with Crippen molar-refractivity contribution in [1.29, 1.82) is 0 Å². The van der Waals surface area contributed by atoms with E-state index in [9.17, 15) is 14.4 Å². The molecule has 0 aromatic carbocycles. The Hall–Kier alpha value is -2.05. The summed E-state index contributed by atoms with van der Waals surface area (Å²) in [5.41, 5.74) is 0.660. The predicted octanol–water partition coefficient (Wildman–Crippen LogP) is 2.07. The Balaban J connectivity index is 1.72. The number of nitrogens with zero attached hydrogens (tertiary/aromatic N) is 2. The minimum absolute atomic E-state index is 0.0564. The Morgan fingerprint density at radius 2 is 1.58 bits per heavy atom. The quantitative estimate of drug-likeness (QED) is 0.777.